The Hall–Kier alpha value is -3.54. The number of benzene rings is 2. The maximum absolute atomic E-state index is 13.4. The van der Waals surface area contributed by atoms with Gasteiger partial charge in [-0.25, -0.2) is 4.39 Å². The van der Waals surface area contributed by atoms with Crippen LogP contribution >= 0.6 is 0 Å². The molecule has 5 nitrogen and oxygen atoms in total. The number of rotatable bonds is 3. The van der Waals surface area contributed by atoms with Crippen LogP contribution in [0.25, 0.3) is 21.8 Å². The number of fused-ring (bicyclic) bond motifs is 2. The third-order valence-electron chi connectivity index (χ3n) is 3.98. The van der Waals surface area contributed by atoms with E-state index in [-0.39, 0.29) is 5.56 Å². The lowest BCUT2D eigenvalue weighted by Crippen LogP contribution is -2.22. The van der Waals surface area contributed by atoms with Gasteiger partial charge < -0.3 is 10.3 Å². The molecule has 0 saturated heterocycles. The van der Waals surface area contributed by atoms with Gasteiger partial charge in [-0.15, -0.1) is 0 Å². The van der Waals surface area contributed by atoms with Crippen LogP contribution in [-0.4, -0.2) is 21.7 Å². The lowest BCUT2D eigenvalue weighted by atomic mass is 10.1. The molecule has 0 saturated carbocycles. The summed E-state index contributed by atoms with van der Waals surface area (Å²) in [5.41, 5.74) is 1.75. The monoisotopic (exact) mass is 333 g/mol. The Morgan fingerprint density at radius 2 is 1.92 bits per heavy atom. The Labute approximate surface area is 141 Å². The van der Waals surface area contributed by atoms with Crippen LogP contribution in [0.3, 0.4) is 0 Å². The number of nitrogens with zero attached hydrogens (tertiary/aromatic N) is 1. The molecule has 0 aliphatic rings. The molecule has 122 valence electrons. The van der Waals surface area contributed by atoms with Gasteiger partial charge in [-0.2, -0.15) is 0 Å². The molecule has 2 N–H and O–H groups in total. The average molecular weight is 333 g/mol. The van der Waals surface area contributed by atoms with E-state index in [9.17, 15) is 14.0 Å². The van der Waals surface area contributed by atoms with Crippen molar-refractivity contribution in [3.8, 4) is 0 Å². The predicted molar refractivity (Wildman–Crippen MR) is 93.0 cm³/mol. The van der Waals surface area contributed by atoms with Crippen LogP contribution in [0.15, 0.2) is 60.9 Å². The van der Waals surface area contributed by atoms with Gasteiger partial charge in [0, 0.05) is 28.7 Å². The van der Waals surface area contributed by atoms with Crippen molar-refractivity contribution in [2.24, 2.45) is 0 Å². The summed E-state index contributed by atoms with van der Waals surface area (Å²) in [5, 5.41) is 3.81. The lowest BCUT2D eigenvalue weighted by Gasteiger charge is -2.07. The molecule has 0 atom stereocenters. The molecule has 25 heavy (non-hydrogen) atoms. The van der Waals surface area contributed by atoms with Crippen molar-refractivity contribution in [2.45, 2.75) is 0 Å². The summed E-state index contributed by atoms with van der Waals surface area (Å²) < 4.78 is 13.4. The molecule has 2 heterocycles. The minimum Gasteiger partial charge on any atom is -0.360 e. The number of Topliss-reactive ketones (excluding diaryl/α,β-unsaturated/α-hetero) is 1. The minimum absolute atomic E-state index is 0.125. The molecule has 0 unspecified atom stereocenters. The van der Waals surface area contributed by atoms with Crippen molar-refractivity contribution in [3.05, 3.63) is 72.3 Å². The second kappa shape index (κ2) is 5.83. The zero-order valence-electron chi connectivity index (χ0n) is 12.9. The first-order valence-corrected chi connectivity index (χ1v) is 7.59. The van der Waals surface area contributed by atoms with E-state index in [0.29, 0.717) is 22.1 Å². The molecule has 0 aliphatic carbocycles. The fourth-order valence-corrected chi connectivity index (χ4v) is 2.79. The van der Waals surface area contributed by atoms with E-state index >= 15 is 0 Å². The van der Waals surface area contributed by atoms with Gasteiger partial charge in [0.25, 0.3) is 11.7 Å². The Morgan fingerprint density at radius 3 is 2.80 bits per heavy atom. The summed E-state index contributed by atoms with van der Waals surface area (Å²) in [6.45, 7) is 0. The average Bonchev–Trinajstić information content (AvgIpc) is 3.04. The van der Waals surface area contributed by atoms with Gasteiger partial charge in [0.05, 0.1) is 16.8 Å². The predicted octanol–water partition coefficient (Wildman–Crippen LogP) is 3.68. The summed E-state index contributed by atoms with van der Waals surface area (Å²) in [6.07, 6.45) is 3.02. The number of halogens is 1. The number of carbonyl (C=O) groups excluding carboxylic acids is 2. The van der Waals surface area contributed by atoms with Gasteiger partial charge in [-0.05, 0) is 30.3 Å². The number of amides is 1. The number of nitrogens with one attached hydrogen (secondary N) is 2. The molecular formula is C19H12FN3O2. The second-order valence-electron chi connectivity index (χ2n) is 5.56. The summed E-state index contributed by atoms with van der Waals surface area (Å²) in [6, 6.07) is 13.0. The number of anilines is 1. The summed E-state index contributed by atoms with van der Waals surface area (Å²) in [7, 11) is 0. The molecule has 1 amide bonds. The zero-order chi connectivity index (χ0) is 17.4. The van der Waals surface area contributed by atoms with Crippen molar-refractivity contribution in [1.82, 2.24) is 9.97 Å². The Balaban J connectivity index is 1.68. The van der Waals surface area contributed by atoms with E-state index in [1.165, 1.54) is 24.4 Å². The van der Waals surface area contributed by atoms with E-state index in [1.807, 2.05) is 12.1 Å². The molecule has 0 aliphatic heterocycles. The van der Waals surface area contributed by atoms with Crippen LogP contribution in [0.1, 0.15) is 10.4 Å². The SMILES string of the molecule is O=C(Nc1cccc2cccnc12)C(=O)c1c[nH]c2ccc(F)cc12. The quantitative estimate of drug-likeness (QED) is 0.444. The fourth-order valence-electron chi connectivity index (χ4n) is 2.79. The van der Waals surface area contributed by atoms with Crippen molar-refractivity contribution in [3.63, 3.8) is 0 Å². The van der Waals surface area contributed by atoms with E-state index in [4.69, 9.17) is 0 Å². The molecule has 2 aromatic heterocycles. The highest BCUT2D eigenvalue weighted by molar-refractivity contribution is 6.48. The lowest BCUT2D eigenvalue weighted by molar-refractivity contribution is -0.112. The molecule has 0 spiro atoms. The van der Waals surface area contributed by atoms with Gasteiger partial charge >= 0.3 is 0 Å². The maximum atomic E-state index is 13.4. The molecule has 0 fully saturated rings. The number of para-hydroxylation sites is 1. The van der Waals surface area contributed by atoms with E-state index in [2.05, 4.69) is 15.3 Å². The molecule has 4 rings (SSSR count). The molecule has 0 radical (unpaired) electrons. The topological polar surface area (TPSA) is 74.8 Å². The van der Waals surface area contributed by atoms with Crippen molar-refractivity contribution >= 4 is 39.2 Å². The number of hydrogen-bond donors (Lipinski definition) is 2. The highest BCUT2D eigenvalue weighted by Gasteiger charge is 2.21. The number of ketones is 1. The first kappa shape index (κ1) is 15.0. The number of carbonyl (C=O) groups is 2. The fraction of sp³-hybridized carbons (Fsp3) is 0. The Kier molecular flexibility index (Phi) is 3.50. The van der Waals surface area contributed by atoms with E-state index < -0.39 is 17.5 Å². The summed E-state index contributed by atoms with van der Waals surface area (Å²) >= 11 is 0. The molecular weight excluding hydrogens is 321 g/mol. The largest absolute Gasteiger partial charge is 0.360 e. The van der Waals surface area contributed by atoms with Gasteiger partial charge in [0.15, 0.2) is 0 Å². The van der Waals surface area contributed by atoms with Gasteiger partial charge in [0.2, 0.25) is 0 Å². The molecule has 0 bridgehead atoms. The smallest absolute Gasteiger partial charge is 0.296 e. The van der Waals surface area contributed by atoms with Crippen LogP contribution in [0.4, 0.5) is 10.1 Å². The van der Waals surface area contributed by atoms with Crippen molar-refractivity contribution in [1.29, 1.82) is 0 Å². The van der Waals surface area contributed by atoms with Gasteiger partial charge in [-0.1, -0.05) is 18.2 Å². The van der Waals surface area contributed by atoms with Crippen LogP contribution in [0.2, 0.25) is 0 Å². The first-order valence-electron chi connectivity index (χ1n) is 7.59. The van der Waals surface area contributed by atoms with Gasteiger partial charge in [0.1, 0.15) is 5.82 Å². The normalized spacial score (nSPS) is 10.9. The number of aromatic amines is 1. The molecule has 6 heteroatoms. The minimum atomic E-state index is -0.802. The third kappa shape index (κ3) is 2.63. The van der Waals surface area contributed by atoms with Crippen LogP contribution < -0.4 is 5.32 Å². The Bertz CT molecular complexity index is 1130. The number of H-pyrrole nitrogens is 1. The number of hydrogen-bond acceptors (Lipinski definition) is 3. The van der Waals surface area contributed by atoms with Crippen molar-refractivity contribution in [2.75, 3.05) is 5.32 Å². The first-order chi connectivity index (χ1) is 12.1. The highest BCUT2D eigenvalue weighted by Crippen LogP contribution is 2.23. The van der Waals surface area contributed by atoms with Gasteiger partial charge in [-0.3, -0.25) is 14.6 Å². The van der Waals surface area contributed by atoms with Crippen LogP contribution in [-0.2, 0) is 4.79 Å². The molecule has 2 aromatic carbocycles. The Morgan fingerprint density at radius 1 is 1.08 bits per heavy atom. The third-order valence-corrected chi connectivity index (χ3v) is 3.98. The summed E-state index contributed by atoms with van der Waals surface area (Å²) in [5.74, 6) is -2.02. The summed E-state index contributed by atoms with van der Waals surface area (Å²) in [4.78, 5) is 32.0. The molecule has 4 aromatic rings. The number of pyridine rings is 1. The zero-order valence-corrected chi connectivity index (χ0v) is 12.9. The van der Waals surface area contributed by atoms with Crippen molar-refractivity contribution < 1.29 is 14.0 Å². The van der Waals surface area contributed by atoms with E-state index in [0.717, 1.165) is 5.39 Å². The maximum Gasteiger partial charge on any atom is 0.296 e. The second-order valence-corrected chi connectivity index (χ2v) is 5.56. The van der Waals surface area contributed by atoms with E-state index in [1.54, 1.807) is 24.4 Å². The van der Waals surface area contributed by atoms with Crippen LogP contribution in [0.5, 0.6) is 0 Å². The highest BCUT2D eigenvalue weighted by atomic mass is 19.1. The number of aromatic nitrogens is 2. The van der Waals surface area contributed by atoms with Crippen LogP contribution in [0, 0.1) is 5.82 Å². The standard InChI is InChI=1S/C19H12FN3O2/c20-12-6-7-15-13(9-12)14(10-22-15)18(24)19(25)23-16-5-1-3-11-4-2-8-21-17(11)16/h1-10,22H,(H,23,25).